The summed E-state index contributed by atoms with van der Waals surface area (Å²) in [6.07, 6.45) is 6.21. The van der Waals surface area contributed by atoms with E-state index in [0.29, 0.717) is 12.6 Å². The van der Waals surface area contributed by atoms with Gasteiger partial charge in [-0.15, -0.1) is 0 Å². The van der Waals surface area contributed by atoms with Gasteiger partial charge in [-0.3, -0.25) is 0 Å². The SMILES string of the molecule is OCc1cccc(OCc2cncn2C2CC2)c1. The number of aliphatic hydroxyl groups is 1. The standard InChI is InChI=1S/C14H16N2O2/c17-8-11-2-1-3-14(6-11)18-9-13-7-15-10-16(13)12-4-5-12/h1-3,6-7,10,12,17H,4-5,8-9H2. The second-order valence-electron chi connectivity index (χ2n) is 4.62. The molecule has 0 atom stereocenters. The maximum absolute atomic E-state index is 9.07. The molecule has 0 spiro atoms. The number of ether oxygens (including phenoxy) is 1. The molecule has 1 fully saturated rings. The molecule has 1 aliphatic carbocycles. The Morgan fingerprint density at radius 1 is 1.39 bits per heavy atom. The van der Waals surface area contributed by atoms with Crippen LogP contribution in [0.4, 0.5) is 0 Å². The van der Waals surface area contributed by atoms with Crippen LogP contribution >= 0.6 is 0 Å². The number of aromatic nitrogens is 2. The molecule has 1 aromatic heterocycles. The summed E-state index contributed by atoms with van der Waals surface area (Å²) in [7, 11) is 0. The molecule has 3 rings (SSSR count). The quantitative estimate of drug-likeness (QED) is 0.877. The van der Waals surface area contributed by atoms with Gasteiger partial charge in [-0.05, 0) is 30.5 Å². The van der Waals surface area contributed by atoms with Crippen molar-refractivity contribution in [3.8, 4) is 5.75 Å². The van der Waals surface area contributed by atoms with Gasteiger partial charge in [0.15, 0.2) is 0 Å². The molecule has 2 aromatic rings. The second kappa shape index (κ2) is 4.82. The first-order valence-corrected chi connectivity index (χ1v) is 6.20. The molecule has 4 heteroatoms. The van der Waals surface area contributed by atoms with E-state index in [1.165, 1.54) is 12.8 Å². The number of imidazole rings is 1. The summed E-state index contributed by atoms with van der Waals surface area (Å²) in [4.78, 5) is 4.17. The van der Waals surface area contributed by atoms with Crippen molar-refractivity contribution in [2.75, 3.05) is 0 Å². The van der Waals surface area contributed by atoms with Crippen LogP contribution in [0.2, 0.25) is 0 Å². The van der Waals surface area contributed by atoms with Crippen molar-refractivity contribution >= 4 is 0 Å². The van der Waals surface area contributed by atoms with E-state index >= 15 is 0 Å². The summed E-state index contributed by atoms with van der Waals surface area (Å²) < 4.78 is 7.93. The van der Waals surface area contributed by atoms with Gasteiger partial charge in [0.25, 0.3) is 0 Å². The lowest BCUT2D eigenvalue weighted by Gasteiger charge is -2.09. The van der Waals surface area contributed by atoms with E-state index in [1.54, 1.807) is 0 Å². The minimum atomic E-state index is 0.0389. The van der Waals surface area contributed by atoms with Gasteiger partial charge < -0.3 is 14.4 Å². The molecule has 0 saturated heterocycles. The van der Waals surface area contributed by atoms with Crippen LogP contribution in [0, 0.1) is 0 Å². The molecule has 18 heavy (non-hydrogen) atoms. The Bertz CT molecular complexity index is 532. The minimum Gasteiger partial charge on any atom is -0.487 e. The molecule has 0 bridgehead atoms. The maximum atomic E-state index is 9.07. The third-order valence-electron chi connectivity index (χ3n) is 3.15. The van der Waals surface area contributed by atoms with Gasteiger partial charge >= 0.3 is 0 Å². The molecule has 0 radical (unpaired) electrons. The highest BCUT2D eigenvalue weighted by Gasteiger charge is 2.25. The highest BCUT2D eigenvalue weighted by molar-refractivity contribution is 5.28. The monoisotopic (exact) mass is 244 g/mol. The normalized spacial score (nSPS) is 14.7. The van der Waals surface area contributed by atoms with Crippen molar-refractivity contribution in [1.82, 2.24) is 9.55 Å². The van der Waals surface area contributed by atoms with Crippen molar-refractivity contribution in [3.05, 3.63) is 48.0 Å². The van der Waals surface area contributed by atoms with Gasteiger partial charge in [0, 0.05) is 6.04 Å². The first-order chi connectivity index (χ1) is 8.86. The van der Waals surface area contributed by atoms with Crippen LogP contribution < -0.4 is 4.74 Å². The summed E-state index contributed by atoms with van der Waals surface area (Å²) in [6, 6.07) is 8.14. The van der Waals surface area contributed by atoms with Gasteiger partial charge in [0.1, 0.15) is 12.4 Å². The van der Waals surface area contributed by atoms with E-state index in [9.17, 15) is 0 Å². The van der Waals surface area contributed by atoms with E-state index in [4.69, 9.17) is 9.84 Å². The van der Waals surface area contributed by atoms with Crippen LogP contribution in [-0.4, -0.2) is 14.7 Å². The second-order valence-corrected chi connectivity index (χ2v) is 4.62. The Kier molecular flexibility index (Phi) is 3.02. The highest BCUT2D eigenvalue weighted by Crippen LogP contribution is 2.35. The van der Waals surface area contributed by atoms with Gasteiger partial charge in [-0.1, -0.05) is 12.1 Å². The van der Waals surface area contributed by atoms with Crippen LogP contribution in [0.1, 0.15) is 30.1 Å². The molecule has 1 saturated carbocycles. The van der Waals surface area contributed by atoms with E-state index < -0.39 is 0 Å². The van der Waals surface area contributed by atoms with E-state index in [-0.39, 0.29) is 6.61 Å². The lowest BCUT2D eigenvalue weighted by atomic mass is 10.2. The summed E-state index contributed by atoms with van der Waals surface area (Å²) in [5.41, 5.74) is 1.97. The topological polar surface area (TPSA) is 47.3 Å². The fraction of sp³-hybridized carbons (Fsp3) is 0.357. The third-order valence-corrected chi connectivity index (χ3v) is 3.15. The zero-order valence-electron chi connectivity index (χ0n) is 10.1. The smallest absolute Gasteiger partial charge is 0.130 e. The largest absolute Gasteiger partial charge is 0.487 e. The number of aliphatic hydroxyl groups excluding tert-OH is 1. The van der Waals surface area contributed by atoms with E-state index in [1.807, 2.05) is 36.8 Å². The summed E-state index contributed by atoms with van der Waals surface area (Å²) in [5, 5.41) is 9.07. The average molecular weight is 244 g/mol. The predicted molar refractivity (Wildman–Crippen MR) is 67.2 cm³/mol. The maximum Gasteiger partial charge on any atom is 0.130 e. The Hall–Kier alpha value is -1.81. The lowest BCUT2D eigenvalue weighted by molar-refractivity contribution is 0.276. The van der Waals surface area contributed by atoms with Crippen molar-refractivity contribution in [1.29, 1.82) is 0 Å². The molecule has 0 unspecified atom stereocenters. The first kappa shape index (κ1) is 11.3. The molecular formula is C14H16N2O2. The Morgan fingerprint density at radius 2 is 2.28 bits per heavy atom. The summed E-state index contributed by atoms with van der Waals surface area (Å²) in [6.45, 7) is 0.558. The zero-order valence-corrected chi connectivity index (χ0v) is 10.1. The molecule has 94 valence electrons. The number of benzene rings is 1. The van der Waals surface area contributed by atoms with Crippen molar-refractivity contribution < 1.29 is 9.84 Å². The lowest BCUT2D eigenvalue weighted by Crippen LogP contribution is -2.03. The van der Waals surface area contributed by atoms with Crippen LogP contribution in [0.25, 0.3) is 0 Å². The molecular weight excluding hydrogens is 228 g/mol. The Morgan fingerprint density at radius 3 is 3.06 bits per heavy atom. The van der Waals surface area contributed by atoms with Crippen LogP contribution in [0.3, 0.4) is 0 Å². The van der Waals surface area contributed by atoms with Gasteiger partial charge in [-0.25, -0.2) is 4.98 Å². The van der Waals surface area contributed by atoms with Crippen molar-refractivity contribution in [2.24, 2.45) is 0 Å². The van der Waals surface area contributed by atoms with E-state index in [2.05, 4.69) is 9.55 Å². The van der Waals surface area contributed by atoms with Crippen LogP contribution in [0.15, 0.2) is 36.8 Å². The van der Waals surface area contributed by atoms with Crippen LogP contribution in [0.5, 0.6) is 5.75 Å². The molecule has 1 heterocycles. The molecule has 0 amide bonds. The molecule has 0 aliphatic heterocycles. The number of nitrogens with zero attached hydrogens (tertiary/aromatic N) is 2. The third kappa shape index (κ3) is 2.38. The number of rotatable bonds is 5. The molecule has 1 N–H and O–H groups in total. The van der Waals surface area contributed by atoms with Crippen LogP contribution in [-0.2, 0) is 13.2 Å². The minimum absolute atomic E-state index is 0.0389. The van der Waals surface area contributed by atoms with Crippen molar-refractivity contribution in [2.45, 2.75) is 32.1 Å². The zero-order chi connectivity index (χ0) is 12.4. The average Bonchev–Trinajstić information content (AvgIpc) is 3.15. The summed E-state index contributed by atoms with van der Waals surface area (Å²) >= 11 is 0. The fourth-order valence-corrected chi connectivity index (χ4v) is 2.02. The van der Waals surface area contributed by atoms with Gasteiger partial charge in [-0.2, -0.15) is 0 Å². The Balaban J connectivity index is 1.67. The fourth-order valence-electron chi connectivity index (χ4n) is 2.02. The number of hydrogen-bond donors (Lipinski definition) is 1. The molecule has 4 nitrogen and oxygen atoms in total. The molecule has 1 aromatic carbocycles. The molecule has 1 aliphatic rings. The van der Waals surface area contributed by atoms with E-state index in [0.717, 1.165) is 17.0 Å². The summed E-state index contributed by atoms with van der Waals surface area (Å²) in [5.74, 6) is 0.782. The highest BCUT2D eigenvalue weighted by atomic mass is 16.5. The predicted octanol–water partition coefficient (Wildman–Crippen LogP) is 2.29. The number of hydrogen-bond acceptors (Lipinski definition) is 3. The van der Waals surface area contributed by atoms with Gasteiger partial charge in [0.2, 0.25) is 0 Å². The van der Waals surface area contributed by atoms with Crippen molar-refractivity contribution in [3.63, 3.8) is 0 Å². The Labute approximate surface area is 106 Å². The first-order valence-electron chi connectivity index (χ1n) is 6.20. The van der Waals surface area contributed by atoms with Gasteiger partial charge in [0.05, 0.1) is 24.8 Å².